The highest BCUT2D eigenvalue weighted by atomic mass is 19.1. The fourth-order valence-corrected chi connectivity index (χ4v) is 1.16. The van der Waals surface area contributed by atoms with E-state index in [4.69, 9.17) is 11.5 Å². The summed E-state index contributed by atoms with van der Waals surface area (Å²) in [7, 11) is 0. The van der Waals surface area contributed by atoms with Gasteiger partial charge in [-0.05, 0) is 18.2 Å². The lowest BCUT2D eigenvalue weighted by atomic mass is 10.2. The van der Waals surface area contributed by atoms with Gasteiger partial charge in [-0.25, -0.2) is 4.39 Å². The van der Waals surface area contributed by atoms with E-state index < -0.39 is 11.7 Å². The molecule has 0 aliphatic rings. The summed E-state index contributed by atoms with van der Waals surface area (Å²) in [6.45, 7) is 0.925. The number of carbonyl (C=O) groups excluding carboxylic acids is 1. The average molecular weight is 223 g/mol. The van der Waals surface area contributed by atoms with Crippen LogP contribution < -0.4 is 16.8 Å². The number of benzene rings is 1. The van der Waals surface area contributed by atoms with Gasteiger partial charge in [0.05, 0.1) is 5.69 Å². The van der Waals surface area contributed by atoms with Crippen LogP contribution in [-0.4, -0.2) is 19.0 Å². The van der Waals surface area contributed by atoms with Crippen molar-refractivity contribution in [3.8, 4) is 0 Å². The van der Waals surface area contributed by atoms with Crippen LogP contribution in [0, 0.1) is 5.82 Å². The molecule has 1 aromatic rings. The molecule has 0 unspecified atom stereocenters. The first kappa shape index (κ1) is 12.2. The molecular weight excluding hydrogens is 209 g/mol. The number of rotatable bonds is 5. The van der Waals surface area contributed by atoms with Crippen LogP contribution in [0.3, 0.4) is 0 Å². The van der Waals surface area contributed by atoms with Crippen molar-refractivity contribution >= 4 is 11.6 Å². The molecule has 0 saturated carbocycles. The molecule has 0 heterocycles. The molecule has 0 spiro atoms. The number of halogens is 1. The molecule has 5 heteroatoms. The molecule has 0 fully saturated rings. The number of primary amides is 1. The van der Waals surface area contributed by atoms with Gasteiger partial charge < -0.3 is 16.8 Å². The molecule has 0 radical (unpaired) electrons. The second kappa shape index (κ2) is 5.87. The predicted molar refractivity (Wildman–Crippen MR) is 61.6 cm³/mol. The van der Waals surface area contributed by atoms with Crippen molar-refractivity contribution in [2.24, 2.45) is 11.5 Å². The van der Waals surface area contributed by atoms with E-state index in [2.05, 4.69) is 5.32 Å². The van der Waals surface area contributed by atoms with Crippen LogP contribution in [0.25, 0.3) is 0 Å². The Hall–Kier alpha value is -1.88. The Labute approximate surface area is 93.1 Å². The molecule has 16 heavy (non-hydrogen) atoms. The summed E-state index contributed by atoms with van der Waals surface area (Å²) in [4.78, 5) is 10.8. The Morgan fingerprint density at radius 1 is 1.44 bits per heavy atom. The maximum atomic E-state index is 13.4. The first-order valence-corrected chi connectivity index (χ1v) is 4.83. The minimum absolute atomic E-state index is 0.153. The van der Waals surface area contributed by atoms with Gasteiger partial charge in [-0.2, -0.15) is 0 Å². The molecule has 0 aliphatic carbocycles. The number of nitrogens with one attached hydrogen (secondary N) is 1. The predicted octanol–water partition coefficient (Wildman–Crippen LogP) is 0.851. The maximum absolute atomic E-state index is 13.4. The largest absolute Gasteiger partial charge is 0.379 e. The molecule has 4 nitrogen and oxygen atoms in total. The summed E-state index contributed by atoms with van der Waals surface area (Å²) in [5.41, 5.74) is 10.8. The first-order chi connectivity index (χ1) is 7.65. The van der Waals surface area contributed by atoms with E-state index in [0.29, 0.717) is 18.8 Å². The van der Waals surface area contributed by atoms with Gasteiger partial charge in [0.2, 0.25) is 5.91 Å². The van der Waals surface area contributed by atoms with Crippen molar-refractivity contribution < 1.29 is 9.18 Å². The highest BCUT2D eigenvalue weighted by Crippen LogP contribution is 2.15. The smallest absolute Gasteiger partial charge is 0.248 e. The van der Waals surface area contributed by atoms with Gasteiger partial charge in [0.15, 0.2) is 0 Å². The summed E-state index contributed by atoms with van der Waals surface area (Å²) in [6.07, 6.45) is 3.56. The molecular formula is C11H14FN3O. The third kappa shape index (κ3) is 3.36. The lowest BCUT2D eigenvalue weighted by Crippen LogP contribution is -2.11. The fraction of sp³-hybridized carbons (Fsp3) is 0.182. The molecule has 0 atom stereocenters. The minimum atomic E-state index is -0.645. The van der Waals surface area contributed by atoms with Gasteiger partial charge in [0.1, 0.15) is 5.82 Å². The van der Waals surface area contributed by atoms with Crippen molar-refractivity contribution in [1.82, 2.24) is 0 Å². The van der Waals surface area contributed by atoms with Gasteiger partial charge in [0.25, 0.3) is 0 Å². The Morgan fingerprint density at radius 3 is 2.75 bits per heavy atom. The second-order valence-electron chi connectivity index (χ2n) is 3.15. The van der Waals surface area contributed by atoms with E-state index in [0.717, 1.165) is 6.07 Å². The number of carbonyl (C=O) groups is 1. The van der Waals surface area contributed by atoms with E-state index in [1.807, 2.05) is 0 Å². The molecule has 0 aromatic heterocycles. The average Bonchev–Trinajstić information content (AvgIpc) is 2.26. The number of amides is 1. The zero-order valence-electron chi connectivity index (χ0n) is 8.74. The van der Waals surface area contributed by atoms with Crippen LogP contribution in [0.15, 0.2) is 30.4 Å². The quantitative estimate of drug-likeness (QED) is 0.647. The Morgan fingerprint density at radius 2 is 2.19 bits per heavy atom. The molecule has 1 rings (SSSR count). The number of hydrogen-bond acceptors (Lipinski definition) is 3. The second-order valence-corrected chi connectivity index (χ2v) is 3.15. The van der Waals surface area contributed by atoms with Crippen LogP contribution in [0.1, 0.15) is 10.4 Å². The molecule has 1 amide bonds. The van der Waals surface area contributed by atoms with Gasteiger partial charge >= 0.3 is 0 Å². The Kier molecular flexibility index (Phi) is 4.47. The van der Waals surface area contributed by atoms with Crippen LogP contribution in [-0.2, 0) is 0 Å². The molecule has 1 aromatic carbocycles. The Bertz CT molecular complexity index is 404. The molecule has 0 bridgehead atoms. The van der Waals surface area contributed by atoms with Crippen molar-refractivity contribution in [3.63, 3.8) is 0 Å². The third-order valence-electron chi connectivity index (χ3n) is 1.97. The SMILES string of the molecule is NC/C=C/CNc1ccc(C(N)=O)cc1F. The summed E-state index contributed by atoms with van der Waals surface area (Å²) in [6, 6.07) is 4.06. The van der Waals surface area contributed by atoms with E-state index in [1.165, 1.54) is 12.1 Å². The van der Waals surface area contributed by atoms with Gasteiger partial charge in [-0.1, -0.05) is 12.2 Å². The minimum Gasteiger partial charge on any atom is -0.379 e. The van der Waals surface area contributed by atoms with Crippen LogP contribution >= 0.6 is 0 Å². The van der Waals surface area contributed by atoms with Crippen molar-refractivity contribution in [1.29, 1.82) is 0 Å². The number of hydrogen-bond donors (Lipinski definition) is 3. The van der Waals surface area contributed by atoms with Gasteiger partial charge in [-0.3, -0.25) is 4.79 Å². The lowest BCUT2D eigenvalue weighted by molar-refractivity contribution is 0.1000. The zero-order valence-corrected chi connectivity index (χ0v) is 8.74. The van der Waals surface area contributed by atoms with E-state index in [-0.39, 0.29) is 5.56 Å². The standard InChI is InChI=1S/C11H14FN3O/c12-9-7-8(11(14)16)3-4-10(9)15-6-2-1-5-13/h1-4,7,15H,5-6,13H2,(H2,14,16)/b2-1+. The van der Waals surface area contributed by atoms with Crippen LogP contribution in [0.5, 0.6) is 0 Å². The number of nitrogens with two attached hydrogens (primary N) is 2. The van der Waals surface area contributed by atoms with Crippen molar-refractivity contribution in [3.05, 3.63) is 41.7 Å². The first-order valence-electron chi connectivity index (χ1n) is 4.83. The molecule has 0 saturated heterocycles. The third-order valence-corrected chi connectivity index (χ3v) is 1.97. The van der Waals surface area contributed by atoms with Crippen LogP contribution in [0.4, 0.5) is 10.1 Å². The lowest BCUT2D eigenvalue weighted by Gasteiger charge is -2.05. The fourth-order valence-electron chi connectivity index (χ4n) is 1.16. The summed E-state index contributed by atoms with van der Waals surface area (Å²) in [5, 5.41) is 2.84. The highest BCUT2D eigenvalue weighted by Gasteiger charge is 2.05. The van der Waals surface area contributed by atoms with E-state index in [9.17, 15) is 9.18 Å². The van der Waals surface area contributed by atoms with Crippen molar-refractivity contribution in [2.75, 3.05) is 18.4 Å². The summed E-state index contributed by atoms with van der Waals surface area (Å²) < 4.78 is 13.4. The normalized spacial score (nSPS) is 10.6. The zero-order chi connectivity index (χ0) is 12.0. The van der Waals surface area contributed by atoms with E-state index in [1.54, 1.807) is 12.2 Å². The number of anilines is 1. The molecule has 86 valence electrons. The monoisotopic (exact) mass is 223 g/mol. The van der Waals surface area contributed by atoms with Crippen molar-refractivity contribution in [2.45, 2.75) is 0 Å². The van der Waals surface area contributed by atoms with Crippen LogP contribution in [0.2, 0.25) is 0 Å². The summed E-state index contributed by atoms with van der Waals surface area (Å²) in [5.74, 6) is -1.15. The topological polar surface area (TPSA) is 81.1 Å². The summed E-state index contributed by atoms with van der Waals surface area (Å²) >= 11 is 0. The van der Waals surface area contributed by atoms with E-state index >= 15 is 0 Å². The highest BCUT2D eigenvalue weighted by molar-refractivity contribution is 5.93. The Balaban J connectivity index is 2.68. The molecule has 5 N–H and O–H groups in total. The maximum Gasteiger partial charge on any atom is 0.248 e. The van der Waals surface area contributed by atoms with Gasteiger partial charge in [-0.15, -0.1) is 0 Å². The van der Waals surface area contributed by atoms with Gasteiger partial charge in [0, 0.05) is 18.7 Å². The molecule has 0 aliphatic heterocycles.